The van der Waals surface area contributed by atoms with E-state index in [9.17, 15) is 4.79 Å². The molecule has 1 heterocycles. The molecule has 0 spiro atoms. The molecule has 0 atom stereocenters. The number of carbonyl (C=O) groups excluding carboxylic acids is 1. The van der Waals surface area contributed by atoms with E-state index in [0.29, 0.717) is 19.0 Å². The molecule has 0 bridgehead atoms. The fourth-order valence-electron chi connectivity index (χ4n) is 1.27. The molecule has 6 nitrogen and oxygen atoms in total. The van der Waals surface area contributed by atoms with E-state index in [2.05, 4.69) is 27.2 Å². The molecule has 1 aromatic heterocycles. The maximum absolute atomic E-state index is 11.5. The lowest BCUT2D eigenvalue weighted by atomic mass is 10.5. The van der Waals surface area contributed by atoms with E-state index in [1.165, 1.54) is 9.78 Å². The largest absolute Gasteiger partial charge is 0.353 e. The van der Waals surface area contributed by atoms with Gasteiger partial charge in [-0.05, 0) is 6.92 Å². The van der Waals surface area contributed by atoms with Gasteiger partial charge < -0.3 is 15.5 Å². The Hall–Kier alpha value is -1.89. The lowest BCUT2D eigenvalue weighted by Gasteiger charge is -2.12. The minimum absolute atomic E-state index is 0.0465. The Morgan fingerprint density at radius 2 is 2.30 bits per heavy atom. The SMILES string of the molecule is C=CCNC(=NCC(=O)N(C)C)NCc1ncc(C)s1. The highest BCUT2D eigenvalue weighted by Crippen LogP contribution is 2.10. The quantitative estimate of drug-likeness (QED) is 0.462. The number of nitrogens with one attached hydrogen (secondary N) is 2. The van der Waals surface area contributed by atoms with Crippen molar-refractivity contribution in [2.24, 2.45) is 4.99 Å². The summed E-state index contributed by atoms with van der Waals surface area (Å²) in [7, 11) is 3.42. The van der Waals surface area contributed by atoms with Crippen LogP contribution < -0.4 is 10.6 Å². The molecule has 0 aliphatic carbocycles. The minimum Gasteiger partial charge on any atom is -0.353 e. The minimum atomic E-state index is -0.0465. The van der Waals surface area contributed by atoms with Gasteiger partial charge in [-0.15, -0.1) is 17.9 Å². The highest BCUT2D eigenvalue weighted by Gasteiger charge is 2.05. The van der Waals surface area contributed by atoms with Crippen molar-refractivity contribution in [3.8, 4) is 0 Å². The number of hydrogen-bond donors (Lipinski definition) is 2. The predicted molar refractivity (Wildman–Crippen MR) is 82.9 cm³/mol. The molecule has 20 heavy (non-hydrogen) atoms. The summed E-state index contributed by atoms with van der Waals surface area (Å²) >= 11 is 1.63. The van der Waals surface area contributed by atoms with Crippen LogP contribution in [0.3, 0.4) is 0 Å². The Labute approximate surface area is 123 Å². The van der Waals surface area contributed by atoms with E-state index >= 15 is 0 Å². The van der Waals surface area contributed by atoms with Crippen LogP contribution in [0.2, 0.25) is 0 Å². The molecule has 0 aliphatic rings. The van der Waals surface area contributed by atoms with Crippen molar-refractivity contribution in [2.45, 2.75) is 13.5 Å². The van der Waals surface area contributed by atoms with E-state index in [1.807, 2.05) is 13.1 Å². The molecule has 0 aliphatic heterocycles. The van der Waals surface area contributed by atoms with Gasteiger partial charge in [0.25, 0.3) is 0 Å². The molecule has 2 N–H and O–H groups in total. The number of rotatable bonds is 6. The summed E-state index contributed by atoms with van der Waals surface area (Å²) in [5.74, 6) is 0.530. The van der Waals surface area contributed by atoms with Gasteiger partial charge in [0, 0.05) is 31.7 Å². The first-order chi connectivity index (χ1) is 9.52. The Morgan fingerprint density at radius 1 is 1.55 bits per heavy atom. The number of aliphatic imine (C=N–C) groups is 1. The van der Waals surface area contributed by atoms with Crippen molar-refractivity contribution in [3.05, 3.63) is 28.7 Å². The fraction of sp³-hybridized carbons (Fsp3) is 0.462. The molecule has 1 aromatic rings. The molecule has 0 fully saturated rings. The molecule has 7 heteroatoms. The highest BCUT2D eigenvalue weighted by atomic mass is 32.1. The van der Waals surface area contributed by atoms with Crippen LogP contribution in [-0.2, 0) is 11.3 Å². The van der Waals surface area contributed by atoms with Gasteiger partial charge in [0.2, 0.25) is 5.91 Å². The van der Waals surface area contributed by atoms with Crippen LogP contribution in [0.5, 0.6) is 0 Å². The topological polar surface area (TPSA) is 69.6 Å². The Balaban J connectivity index is 2.56. The molecule has 0 unspecified atom stereocenters. The van der Waals surface area contributed by atoms with E-state index in [-0.39, 0.29) is 12.5 Å². The molecule has 0 aromatic carbocycles. The summed E-state index contributed by atoms with van der Waals surface area (Å²) in [6.07, 6.45) is 3.57. The summed E-state index contributed by atoms with van der Waals surface area (Å²) in [6, 6.07) is 0. The Bertz CT molecular complexity index is 481. The maximum atomic E-state index is 11.5. The lowest BCUT2D eigenvalue weighted by Crippen LogP contribution is -2.38. The number of likely N-dealkylation sites (N-methyl/N-ethyl adjacent to an activating group) is 1. The number of thiazole rings is 1. The van der Waals surface area contributed by atoms with Gasteiger partial charge in [0.1, 0.15) is 11.6 Å². The third kappa shape index (κ3) is 5.83. The standard InChI is InChI=1S/C13H21N5OS/c1-5-6-14-13(17-9-12(19)18(3)4)16-8-11-15-7-10(2)20-11/h5,7H,1,6,8-9H2,2-4H3,(H2,14,16,17). The van der Waals surface area contributed by atoms with Crippen LogP contribution in [0.4, 0.5) is 0 Å². The lowest BCUT2D eigenvalue weighted by molar-refractivity contribution is -0.127. The number of aromatic nitrogens is 1. The van der Waals surface area contributed by atoms with Gasteiger partial charge in [-0.25, -0.2) is 9.98 Å². The Morgan fingerprint density at radius 3 is 2.85 bits per heavy atom. The zero-order valence-corrected chi connectivity index (χ0v) is 13.0. The van der Waals surface area contributed by atoms with E-state index in [0.717, 1.165) is 5.01 Å². The average molecular weight is 295 g/mol. The van der Waals surface area contributed by atoms with E-state index in [4.69, 9.17) is 0 Å². The van der Waals surface area contributed by atoms with Crippen LogP contribution in [0.1, 0.15) is 9.88 Å². The van der Waals surface area contributed by atoms with E-state index in [1.54, 1.807) is 31.5 Å². The van der Waals surface area contributed by atoms with Crippen LogP contribution in [0, 0.1) is 6.92 Å². The van der Waals surface area contributed by atoms with Crippen molar-refractivity contribution >= 4 is 23.2 Å². The van der Waals surface area contributed by atoms with Crippen LogP contribution >= 0.6 is 11.3 Å². The number of nitrogens with zero attached hydrogens (tertiary/aromatic N) is 3. The molecule has 1 amide bonds. The summed E-state index contributed by atoms with van der Waals surface area (Å²) in [5, 5.41) is 7.20. The van der Waals surface area contributed by atoms with E-state index < -0.39 is 0 Å². The molecule has 0 radical (unpaired) electrons. The van der Waals surface area contributed by atoms with Crippen molar-refractivity contribution in [1.82, 2.24) is 20.5 Å². The molecule has 0 saturated carbocycles. The first kappa shape index (κ1) is 16.2. The van der Waals surface area contributed by atoms with Gasteiger partial charge in [-0.1, -0.05) is 6.08 Å². The van der Waals surface area contributed by atoms with Gasteiger partial charge >= 0.3 is 0 Å². The van der Waals surface area contributed by atoms with Crippen LogP contribution in [-0.4, -0.2) is 48.9 Å². The first-order valence-corrected chi connectivity index (χ1v) is 7.09. The normalized spacial score (nSPS) is 11.1. The van der Waals surface area contributed by atoms with Gasteiger partial charge in [-0.2, -0.15) is 0 Å². The number of carbonyl (C=O) groups is 1. The maximum Gasteiger partial charge on any atom is 0.243 e. The van der Waals surface area contributed by atoms with Crippen molar-refractivity contribution in [3.63, 3.8) is 0 Å². The smallest absolute Gasteiger partial charge is 0.243 e. The second-order valence-corrected chi connectivity index (χ2v) is 5.66. The van der Waals surface area contributed by atoms with Crippen LogP contribution in [0.15, 0.2) is 23.8 Å². The number of hydrogen-bond acceptors (Lipinski definition) is 4. The molecule has 110 valence electrons. The van der Waals surface area contributed by atoms with Crippen LogP contribution in [0.25, 0.3) is 0 Å². The monoisotopic (exact) mass is 295 g/mol. The number of guanidine groups is 1. The molecule has 1 rings (SSSR count). The summed E-state index contributed by atoms with van der Waals surface area (Å²) in [6.45, 7) is 6.93. The second kappa shape index (κ2) is 8.31. The first-order valence-electron chi connectivity index (χ1n) is 6.27. The van der Waals surface area contributed by atoms with Gasteiger partial charge in [0.05, 0.1) is 6.54 Å². The van der Waals surface area contributed by atoms with Gasteiger partial charge in [-0.3, -0.25) is 4.79 Å². The third-order valence-electron chi connectivity index (χ3n) is 2.36. The van der Waals surface area contributed by atoms with Crippen molar-refractivity contribution < 1.29 is 4.79 Å². The van der Waals surface area contributed by atoms with Gasteiger partial charge in [0.15, 0.2) is 5.96 Å². The average Bonchev–Trinajstić information content (AvgIpc) is 2.83. The summed E-state index contributed by atoms with van der Waals surface area (Å²) < 4.78 is 0. The zero-order valence-electron chi connectivity index (χ0n) is 12.1. The molecular formula is C13H21N5OS. The number of aryl methyl sites for hydroxylation is 1. The summed E-state index contributed by atoms with van der Waals surface area (Å²) in [4.78, 5) is 22.7. The summed E-state index contributed by atoms with van der Waals surface area (Å²) in [5.41, 5.74) is 0. The molecular weight excluding hydrogens is 274 g/mol. The fourth-order valence-corrected chi connectivity index (χ4v) is 2.00. The Kier molecular flexibility index (Phi) is 6.72. The predicted octanol–water partition coefficient (Wildman–Crippen LogP) is 0.761. The third-order valence-corrected chi connectivity index (χ3v) is 3.27. The molecule has 0 saturated heterocycles. The second-order valence-electron chi connectivity index (χ2n) is 4.34. The van der Waals surface area contributed by atoms with Crippen molar-refractivity contribution in [2.75, 3.05) is 27.2 Å². The highest BCUT2D eigenvalue weighted by molar-refractivity contribution is 7.11. The van der Waals surface area contributed by atoms with Crippen molar-refractivity contribution in [1.29, 1.82) is 0 Å². The number of amides is 1. The zero-order chi connectivity index (χ0) is 15.0.